The van der Waals surface area contributed by atoms with E-state index in [0.717, 1.165) is 36.5 Å². The summed E-state index contributed by atoms with van der Waals surface area (Å²) < 4.78 is 27.4. The van der Waals surface area contributed by atoms with Crippen molar-refractivity contribution in [1.29, 1.82) is 0 Å². The van der Waals surface area contributed by atoms with Crippen LogP contribution in [-0.4, -0.2) is 32.3 Å². The highest BCUT2D eigenvalue weighted by atomic mass is 32.2. The first-order chi connectivity index (χ1) is 14.9. The van der Waals surface area contributed by atoms with Crippen LogP contribution < -0.4 is 10.0 Å². The summed E-state index contributed by atoms with van der Waals surface area (Å²) in [4.78, 5) is 14.9. The number of hydrogen-bond donors (Lipinski definition) is 2. The van der Waals surface area contributed by atoms with Crippen molar-refractivity contribution in [2.75, 3.05) is 17.8 Å². The number of carbonyl (C=O) groups excluding carboxylic acids is 1. The molecule has 8 heteroatoms. The molecule has 1 heterocycles. The summed E-state index contributed by atoms with van der Waals surface area (Å²) in [7, 11) is -3.60. The maximum absolute atomic E-state index is 12.6. The van der Waals surface area contributed by atoms with Gasteiger partial charge in [-0.05, 0) is 59.9 Å². The van der Waals surface area contributed by atoms with E-state index in [0.29, 0.717) is 17.8 Å². The van der Waals surface area contributed by atoms with Crippen LogP contribution in [0.5, 0.6) is 0 Å². The number of benzene rings is 2. The van der Waals surface area contributed by atoms with Crippen LogP contribution >= 0.6 is 11.3 Å². The summed E-state index contributed by atoms with van der Waals surface area (Å²) in [6.07, 6.45) is 0. The Kier molecular flexibility index (Phi) is 7.84. The predicted octanol–water partition coefficient (Wildman–Crippen LogP) is 4.32. The Morgan fingerprint density at radius 3 is 2.23 bits per heavy atom. The van der Waals surface area contributed by atoms with E-state index in [1.807, 2.05) is 18.2 Å². The van der Waals surface area contributed by atoms with Gasteiger partial charge in [-0.15, -0.1) is 11.3 Å². The molecule has 0 unspecified atom stereocenters. The van der Waals surface area contributed by atoms with Crippen LogP contribution in [0.2, 0.25) is 0 Å². The van der Waals surface area contributed by atoms with Crippen molar-refractivity contribution in [3.63, 3.8) is 0 Å². The third-order valence-electron chi connectivity index (χ3n) is 5.01. The molecule has 1 amide bonds. The van der Waals surface area contributed by atoms with E-state index in [9.17, 15) is 13.2 Å². The van der Waals surface area contributed by atoms with Crippen LogP contribution in [0.4, 0.5) is 5.69 Å². The van der Waals surface area contributed by atoms with E-state index in [-0.39, 0.29) is 10.1 Å². The van der Waals surface area contributed by atoms with Gasteiger partial charge in [0.2, 0.25) is 0 Å². The molecular formula is C23H27N3O3S2. The van der Waals surface area contributed by atoms with Crippen LogP contribution in [0.1, 0.15) is 35.3 Å². The smallest absolute Gasteiger partial charge is 0.271 e. The van der Waals surface area contributed by atoms with E-state index in [1.165, 1.54) is 5.56 Å². The Morgan fingerprint density at radius 2 is 1.61 bits per heavy atom. The maximum Gasteiger partial charge on any atom is 0.271 e. The number of carbonyl (C=O) groups is 1. The number of anilines is 1. The normalized spacial score (nSPS) is 11.5. The summed E-state index contributed by atoms with van der Waals surface area (Å²) in [5.74, 6) is -0.203. The van der Waals surface area contributed by atoms with Gasteiger partial charge in [0.1, 0.15) is 4.21 Å². The molecule has 0 atom stereocenters. The number of hydrogen-bond acceptors (Lipinski definition) is 5. The van der Waals surface area contributed by atoms with Crippen molar-refractivity contribution in [3.05, 3.63) is 82.7 Å². The number of sulfonamides is 1. The van der Waals surface area contributed by atoms with E-state index >= 15 is 0 Å². The predicted molar refractivity (Wildman–Crippen MR) is 126 cm³/mol. The van der Waals surface area contributed by atoms with Gasteiger partial charge in [0.15, 0.2) is 0 Å². The molecule has 2 aromatic carbocycles. The van der Waals surface area contributed by atoms with E-state index in [2.05, 4.69) is 34.9 Å². The molecule has 6 nitrogen and oxygen atoms in total. The SMILES string of the molecule is CCN(CC)Cc1ccccc1CNC(=O)c1ccc(NS(=O)(=O)c2cccs2)cc1. The summed E-state index contributed by atoms with van der Waals surface area (Å²) in [5, 5.41) is 4.67. The number of thiophene rings is 1. The molecule has 0 bridgehead atoms. The minimum absolute atomic E-state index is 0.203. The zero-order valence-electron chi connectivity index (χ0n) is 17.7. The van der Waals surface area contributed by atoms with Gasteiger partial charge in [-0.3, -0.25) is 14.4 Å². The second-order valence-corrected chi connectivity index (χ2v) is 9.88. The lowest BCUT2D eigenvalue weighted by Crippen LogP contribution is -2.26. The summed E-state index contributed by atoms with van der Waals surface area (Å²) in [6.45, 7) is 7.50. The molecule has 0 saturated heterocycles. The topological polar surface area (TPSA) is 78.5 Å². The van der Waals surface area contributed by atoms with Crippen molar-refractivity contribution in [2.45, 2.75) is 31.1 Å². The van der Waals surface area contributed by atoms with Gasteiger partial charge in [-0.1, -0.05) is 44.2 Å². The summed E-state index contributed by atoms with van der Waals surface area (Å²) >= 11 is 1.15. The molecule has 2 N–H and O–H groups in total. The second kappa shape index (κ2) is 10.6. The molecule has 0 aliphatic carbocycles. The molecule has 0 aliphatic heterocycles. The Labute approximate surface area is 188 Å². The van der Waals surface area contributed by atoms with Gasteiger partial charge in [0.25, 0.3) is 15.9 Å². The van der Waals surface area contributed by atoms with E-state index in [4.69, 9.17) is 0 Å². The third-order valence-corrected chi connectivity index (χ3v) is 7.78. The molecular weight excluding hydrogens is 430 g/mol. The molecule has 3 rings (SSSR count). The number of nitrogens with zero attached hydrogens (tertiary/aromatic N) is 1. The minimum Gasteiger partial charge on any atom is -0.348 e. The Hall–Kier alpha value is -2.68. The lowest BCUT2D eigenvalue weighted by atomic mass is 10.1. The highest BCUT2D eigenvalue weighted by molar-refractivity contribution is 7.94. The molecule has 164 valence electrons. The van der Waals surface area contributed by atoms with Crippen molar-refractivity contribution in [1.82, 2.24) is 10.2 Å². The van der Waals surface area contributed by atoms with Crippen molar-refractivity contribution >= 4 is 33.0 Å². The average Bonchev–Trinajstić information content (AvgIpc) is 3.33. The van der Waals surface area contributed by atoms with Crippen molar-refractivity contribution in [2.24, 2.45) is 0 Å². The molecule has 0 spiro atoms. The highest BCUT2D eigenvalue weighted by Crippen LogP contribution is 2.20. The minimum atomic E-state index is -3.60. The zero-order valence-corrected chi connectivity index (χ0v) is 19.3. The first-order valence-electron chi connectivity index (χ1n) is 10.2. The standard InChI is InChI=1S/C23H27N3O3S2/c1-3-26(4-2)17-20-9-6-5-8-19(20)16-24-23(27)18-11-13-21(14-12-18)25-31(28,29)22-10-7-15-30-22/h5-15,25H,3-4,16-17H2,1-2H3,(H,24,27). The Morgan fingerprint density at radius 1 is 0.935 bits per heavy atom. The van der Waals surface area contributed by atoms with Crippen molar-refractivity contribution < 1.29 is 13.2 Å². The van der Waals surface area contributed by atoms with E-state index in [1.54, 1.807) is 41.8 Å². The molecule has 0 saturated carbocycles. The second-order valence-electron chi connectivity index (χ2n) is 7.03. The fraction of sp³-hybridized carbons (Fsp3) is 0.261. The van der Waals surface area contributed by atoms with Crippen molar-refractivity contribution in [3.8, 4) is 0 Å². The molecule has 0 fully saturated rings. The van der Waals surface area contributed by atoms with Gasteiger partial charge in [0.05, 0.1) is 0 Å². The van der Waals surface area contributed by atoms with Crippen LogP contribution in [0.15, 0.2) is 70.3 Å². The molecule has 3 aromatic rings. The lowest BCUT2D eigenvalue weighted by Gasteiger charge is -2.20. The monoisotopic (exact) mass is 457 g/mol. The Balaban J connectivity index is 1.62. The molecule has 31 heavy (non-hydrogen) atoms. The fourth-order valence-electron chi connectivity index (χ4n) is 3.16. The van der Waals surface area contributed by atoms with Gasteiger partial charge >= 0.3 is 0 Å². The van der Waals surface area contributed by atoms with Crippen LogP contribution in [-0.2, 0) is 23.1 Å². The molecule has 0 radical (unpaired) electrons. The van der Waals surface area contributed by atoms with Gasteiger partial charge < -0.3 is 5.32 Å². The highest BCUT2D eigenvalue weighted by Gasteiger charge is 2.15. The van der Waals surface area contributed by atoms with Crippen LogP contribution in [0.3, 0.4) is 0 Å². The van der Waals surface area contributed by atoms with E-state index < -0.39 is 10.0 Å². The first-order valence-corrected chi connectivity index (χ1v) is 12.5. The molecule has 0 aliphatic rings. The third kappa shape index (κ3) is 6.16. The number of rotatable bonds is 10. The van der Waals surface area contributed by atoms with Crippen LogP contribution in [0.25, 0.3) is 0 Å². The largest absolute Gasteiger partial charge is 0.348 e. The average molecular weight is 458 g/mol. The lowest BCUT2D eigenvalue weighted by molar-refractivity contribution is 0.0950. The maximum atomic E-state index is 12.6. The number of nitrogens with one attached hydrogen (secondary N) is 2. The Bertz CT molecular complexity index is 1090. The summed E-state index contributed by atoms with van der Waals surface area (Å²) in [6, 6.07) is 17.8. The summed E-state index contributed by atoms with van der Waals surface area (Å²) in [5.41, 5.74) is 3.17. The van der Waals surface area contributed by atoms with Crippen LogP contribution in [0, 0.1) is 0 Å². The fourth-order valence-corrected chi connectivity index (χ4v) is 5.21. The quantitative estimate of drug-likeness (QED) is 0.475. The van der Waals surface area contributed by atoms with Gasteiger partial charge in [-0.2, -0.15) is 0 Å². The zero-order chi connectivity index (χ0) is 22.3. The number of amides is 1. The van der Waals surface area contributed by atoms with Gasteiger partial charge in [0, 0.05) is 24.3 Å². The first kappa shape index (κ1) is 23.0. The molecule has 1 aromatic heterocycles. The van der Waals surface area contributed by atoms with Gasteiger partial charge in [-0.25, -0.2) is 8.42 Å².